The van der Waals surface area contributed by atoms with Crippen LogP contribution in [0.5, 0.6) is 0 Å². The highest BCUT2D eigenvalue weighted by atomic mass is 16.2. The Morgan fingerprint density at radius 3 is 1.61 bits per heavy atom. The van der Waals surface area contributed by atoms with E-state index in [0.29, 0.717) is 19.5 Å². The summed E-state index contributed by atoms with van der Waals surface area (Å²) in [6.07, 6.45) is 9.68. The molecule has 5 nitrogen and oxygen atoms in total. The van der Waals surface area contributed by atoms with Gasteiger partial charge in [-0.1, -0.05) is 39.0 Å². The van der Waals surface area contributed by atoms with E-state index in [1.165, 1.54) is 19.3 Å². The summed E-state index contributed by atoms with van der Waals surface area (Å²) in [5, 5.41) is 5.67. The number of Topliss-reactive ketones (excluding diaryl/α,β-unsaturated/α-hetero) is 1. The Labute approximate surface area is 141 Å². The van der Waals surface area contributed by atoms with Gasteiger partial charge in [-0.2, -0.15) is 0 Å². The number of hydrogen-bond donors (Lipinski definition) is 2. The Kier molecular flexibility index (Phi) is 14.6. The molecule has 0 aliphatic rings. The molecule has 0 aliphatic heterocycles. The van der Waals surface area contributed by atoms with E-state index in [2.05, 4.69) is 17.6 Å². The van der Waals surface area contributed by atoms with E-state index in [1.807, 2.05) is 0 Å². The summed E-state index contributed by atoms with van der Waals surface area (Å²) in [4.78, 5) is 34.0. The van der Waals surface area contributed by atoms with Crippen LogP contribution in [0, 0.1) is 0 Å². The first-order chi connectivity index (χ1) is 11.1. The van der Waals surface area contributed by atoms with Gasteiger partial charge in [0, 0.05) is 32.4 Å². The zero-order valence-electron chi connectivity index (χ0n) is 14.9. The minimum atomic E-state index is -0.0744. The van der Waals surface area contributed by atoms with Crippen molar-refractivity contribution in [1.82, 2.24) is 10.6 Å². The smallest absolute Gasteiger partial charge is 0.220 e. The number of carbonyl (C=O) groups excluding carboxylic acids is 3. The molecule has 2 N–H and O–H groups in total. The van der Waals surface area contributed by atoms with Crippen molar-refractivity contribution < 1.29 is 14.4 Å². The van der Waals surface area contributed by atoms with Crippen LogP contribution in [0.3, 0.4) is 0 Å². The molecular formula is C18H34N2O3. The second-order valence-electron chi connectivity index (χ2n) is 6.13. The second-order valence-corrected chi connectivity index (χ2v) is 6.13. The molecule has 0 radical (unpaired) electrons. The van der Waals surface area contributed by atoms with Crippen molar-refractivity contribution in [2.24, 2.45) is 0 Å². The highest BCUT2D eigenvalue weighted by Gasteiger charge is 2.06. The topological polar surface area (TPSA) is 75.3 Å². The molecule has 0 saturated heterocycles. The van der Waals surface area contributed by atoms with Crippen molar-refractivity contribution in [1.29, 1.82) is 0 Å². The molecule has 0 atom stereocenters. The third-order valence-electron chi connectivity index (χ3n) is 3.71. The molecule has 0 rings (SSSR count). The fourth-order valence-corrected chi connectivity index (χ4v) is 2.26. The Morgan fingerprint density at radius 2 is 1.13 bits per heavy atom. The van der Waals surface area contributed by atoms with Gasteiger partial charge in [-0.15, -0.1) is 0 Å². The monoisotopic (exact) mass is 326 g/mol. The quantitative estimate of drug-likeness (QED) is 0.454. The number of rotatable bonds is 15. The fraction of sp³-hybridized carbons (Fsp3) is 0.833. The van der Waals surface area contributed by atoms with Crippen molar-refractivity contribution in [2.45, 2.75) is 84.5 Å². The van der Waals surface area contributed by atoms with E-state index >= 15 is 0 Å². The van der Waals surface area contributed by atoms with E-state index in [9.17, 15) is 14.4 Å². The highest BCUT2D eigenvalue weighted by molar-refractivity contribution is 5.83. The Morgan fingerprint density at radius 1 is 0.652 bits per heavy atom. The predicted octanol–water partition coefficient (Wildman–Crippen LogP) is 3.12. The van der Waals surface area contributed by atoms with Gasteiger partial charge in [-0.3, -0.25) is 9.59 Å². The van der Waals surface area contributed by atoms with Gasteiger partial charge in [-0.05, 0) is 26.2 Å². The Bertz CT molecular complexity index is 343. The van der Waals surface area contributed by atoms with Gasteiger partial charge in [-0.25, -0.2) is 0 Å². The van der Waals surface area contributed by atoms with Gasteiger partial charge in [0.05, 0.1) is 0 Å². The first kappa shape index (κ1) is 21.6. The lowest BCUT2D eigenvalue weighted by Crippen LogP contribution is -2.28. The zero-order valence-corrected chi connectivity index (χ0v) is 14.9. The van der Waals surface area contributed by atoms with Crippen LogP contribution in [0.25, 0.3) is 0 Å². The van der Waals surface area contributed by atoms with Crippen molar-refractivity contribution in [3.05, 3.63) is 0 Å². The average Bonchev–Trinajstić information content (AvgIpc) is 2.51. The fourth-order valence-electron chi connectivity index (χ4n) is 2.26. The lowest BCUT2D eigenvalue weighted by atomic mass is 10.1. The van der Waals surface area contributed by atoms with Crippen LogP contribution in [0.2, 0.25) is 0 Å². The van der Waals surface area contributed by atoms with Gasteiger partial charge < -0.3 is 15.4 Å². The third-order valence-corrected chi connectivity index (χ3v) is 3.71. The van der Waals surface area contributed by atoms with Crippen LogP contribution in [0.1, 0.15) is 84.5 Å². The van der Waals surface area contributed by atoms with Crippen molar-refractivity contribution in [3.63, 3.8) is 0 Å². The summed E-state index contributed by atoms with van der Waals surface area (Å²) in [6.45, 7) is 5.10. The first-order valence-electron chi connectivity index (χ1n) is 9.09. The number of ketones is 1. The van der Waals surface area contributed by atoms with E-state index in [0.717, 1.165) is 32.1 Å². The summed E-state index contributed by atoms with van der Waals surface area (Å²) >= 11 is 0. The largest absolute Gasteiger partial charge is 0.356 e. The normalized spacial score (nSPS) is 10.3. The zero-order chi connectivity index (χ0) is 17.3. The van der Waals surface area contributed by atoms with E-state index in [4.69, 9.17) is 0 Å². The van der Waals surface area contributed by atoms with Crippen molar-refractivity contribution in [2.75, 3.05) is 13.1 Å². The standard InChI is InChI=1S/C18H34N2O3/c1-3-4-5-6-9-14-19-17(22)12-13-18(23)20-15-10-7-8-11-16(2)21/h3-15H2,1-2H3,(H,19,22)(H,20,23). The van der Waals surface area contributed by atoms with Crippen molar-refractivity contribution in [3.8, 4) is 0 Å². The molecule has 0 aliphatic carbocycles. The number of carbonyl (C=O) groups is 3. The van der Waals surface area contributed by atoms with Crippen LogP contribution in [0.4, 0.5) is 0 Å². The Hall–Kier alpha value is -1.39. The molecule has 5 heteroatoms. The molecule has 0 spiro atoms. The summed E-state index contributed by atoms with van der Waals surface area (Å²) < 4.78 is 0. The molecule has 0 saturated carbocycles. The molecular weight excluding hydrogens is 292 g/mol. The molecule has 134 valence electrons. The molecule has 0 unspecified atom stereocenters. The molecule has 0 aromatic carbocycles. The highest BCUT2D eigenvalue weighted by Crippen LogP contribution is 2.01. The van der Waals surface area contributed by atoms with Crippen LogP contribution < -0.4 is 10.6 Å². The molecule has 23 heavy (non-hydrogen) atoms. The van der Waals surface area contributed by atoms with E-state index in [-0.39, 0.29) is 30.4 Å². The number of hydrogen-bond acceptors (Lipinski definition) is 3. The molecule has 0 aromatic rings. The van der Waals surface area contributed by atoms with E-state index < -0.39 is 0 Å². The van der Waals surface area contributed by atoms with Gasteiger partial charge in [0.15, 0.2) is 0 Å². The van der Waals surface area contributed by atoms with Crippen LogP contribution in [-0.2, 0) is 14.4 Å². The second kappa shape index (κ2) is 15.5. The first-order valence-corrected chi connectivity index (χ1v) is 9.09. The van der Waals surface area contributed by atoms with Crippen LogP contribution >= 0.6 is 0 Å². The summed E-state index contributed by atoms with van der Waals surface area (Å²) in [7, 11) is 0. The predicted molar refractivity (Wildman–Crippen MR) is 93.2 cm³/mol. The third kappa shape index (κ3) is 16.8. The number of nitrogens with one attached hydrogen (secondary N) is 2. The van der Waals surface area contributed by atoms with Crippen LogP contribution in [-0.4, -0.2) is 30.7 Å². The summed E-state index contributed by atoms with van der Waals surface area (Å²) in [6, 6.07) is 0. The summed E-state index contributed by atoms with van der Waals surface area (Å²) in [5.74, 6) is 0.0946. The van der Waals surface area contributed by atoms with E-state index in [1.54, 1.807) is 6.92 Å². The minimum Gasteiger partial charge on any atom is -0.356 e. The van der Waals surface area contributed by atoms with Gasteiger partial charge >= 0.3 is 0 Å². The van der Waals surface area contributed by atoms with Gasteiger partial charge in [0.25, 0.3) is 0 Å². The van der Waals surface area contributed by atoms with Crippen LogP contribution in [0.15, 0.2) is 0 Å². The maximum Gasteiger partial charge on any atom is 0.220 e. The maximum atomic E-state index is 11.6. The number of unbranched alkanes of at least 4 members (excludes halogenated alkanes) is 6. The molecule has 0 bridgehead atoms. The Balaban J connectivity index is 3.39. The molecule has 0 fully saturated rings. The number of amides is 2. The summed E-state index contributed by atoms with van der Waals surface area (Å²) in [5.41, 5.74) is 0. The SMILES string of the molecule is CCCCCCCNC(=O)CCC(=O)NCCCCCC(C)=O. The van der Waals surface area contributed by atoms with Gasteiger partial charge in [0.2, 0.25) is 11.8 Å². The maximum absolute atomic E-state index is 11.6. The molecule has 0 aromatic heterocycles. The molecule has 0 heterocycles. The van der Waals surface area contributed by atoms with Crippen molar-refractivity contribution >= 4 is 17.6 Å². The lowest BCUT2D eigenvalue weighted by molar-refractivity contribution is -0.126. The minimum absolute atomic E-state index is 0.0444. The van der Waals surface area contributed by atoms with Gasteiger partial charge in [0.1, 0.15) is 5.78 Å². The molecule has 2 amide bonds. The lowest BCUT2D eigenvalue weighted by Gasteiger charge is -2.06. The average molecular weight is 326 g/mol.